The van der Waals surface area contributed by atoms with Gasteiger partial charge < -0.3 is 15.5 Å². The lowest BCUT2D eigenvalue weighted by molar-refractivity contribution is -0.133. The van der Waals surface area contributed by atoms with Crippen molar-refractivity contribution < 1.29 is 9.18 Å². The summed E-state index contributed by atoms with van der Waals surface area (Å²) in [4.78, 5) is 16.1. The Bertz CT molecular complexity index is 516. The normalized spacial score (nSPS) is 17.2. The largest absolute Gasteiger partial charge is 0.367 e. The summed E-state index contributed by atoms with van der Waals surface area (Å²) in [5, 5.41) is 0.397. The number of nitrogens with zero attached hydrogens (tertiary/aromatic N) is 2. The molecule has 6 heteroatoms. The first kappa shape index (κ1) is 16.0. The number of carbonyl (C=O) groups excluding carboxylic acids is 1. The number of rotatable bonds is 3. The Hall–Kier alpha value is -1.33. The van der Waals surface area contributed by atoms with E-state index in [0.717, 1.165) is 5.69 Å². The Morgan fingerprint density at radius 1 is 1.29 bits per heavy atom. The zero-order chi connectivity index (χ0) is 15.6. The topological polar surface area (TPSA) is 49.6 Å². The van der Waals surface area contributed by atoms with Gasteiger partial charge in [-0.15, -0.1) is 0 Å². The molecule has 116 valence electrons. The van der Waals surface area contributed by atoms with Crippen LogP contribution >= 0.6 is 11.6 Å². The van der Waals surface area contributed by atoms with Crippen LogP contribution in [0.15, 0.2) is 18.2 Å². The van der Waals surface area contributed by atoms with Gasteiger partial charge in [0.15, 0.2) is 0 Å². The number of hydrogen-bond acceptors (Lipinski definition) is 3. The number of amides is 1. The van der Waals surface area contributed by atoms with E-state index in [1.54, 1.807) is 11.0 Å². The SMILES string of the molecule is CC(C)[C@H](N)C(=O)N1CCN(c2ccc(F)cc2Cl)CC1. The molecule has 0 radical (unpaired) electrons. The molecule has 1 atom stereocenters. The van der Waals surface area contributed by atoms with Gasteiger partial charge in [-0.05, 0) is 24.1 Å². The molecule has 0 spiro atoms. The molecule has 4 nitrogen and oxygen atoms in total. The number of piperazine rings is 1. The third kappa shape index (κ3) is 3.66. The van der Waals surface area contributed by atoms with Crippen LogP contribution in [0.1, 0.15) is 13.8 Å². The van der Waals surface area contributed by atoms with Crippen LogP contribution in [0.3, 0.4) is 0 Å². The lowest BCUT2D eigenvalue weighted by Crippen LogP contribution is -2.54. The number of hydrogen-bond donors (Lipinski definition) is 1. The van der Waals surface area contributed by atoms with Crippen molar-refractivity contribution in [3.63, 3.8) is 0 Å². The Kier molecular flexibility index (Phi) is 5.06. The molecule has 1 saturated heterocycles. The van der Waals surface area contributed by atoms with Crippen molar-refractivity contribution in [1.29, 1.82) is 0 Å². The standard InChI is InChI=1S/C15H21ClFN3O/c1-10(2)14(18)15(21)20-7-5-19(6-8-20)13-4-3-11(17)9-12(13)16/h3-4,9-10,14H,5-8,18H2,1-2H3/t14-/m0/s1. The average Bonchev–Trinajstić information content (AvgIpc) is 2.46. The van der Waals surface area contributed by atoms with Crippen molar-refractivity contribution in [2.75, 3.05) is 31.1 Å². The summed E-state index contributed by atoms with van der Waals surface area (Å²) < 4.78 is 13.1. The molecule has 1 amide bonds. The quantitative estimate of drug-likeness (QED) is 0.930. The van der Waals surface area contributed by atoms with E-state index in [9.17, 15) is 9.18 Å². The molecule has 1 fully saturated rings. The molecule has 1 aliphatic rings. The highest BCUT2D eigenvalue weighted by atomic mass is 35.5. The Morgan fingerprint density at radius 2 is 1.90 bits per heavy atom. The number of nitrogens with two attached hydrogens (primary N) is 1. The van der Waals surface area contributed by atoms with Crippen molar-refractivity contribution in [2.45, 2.75) is 19.9 Å². The Morgan fingerprint density at radius 3 is 2.43 bits per heavy atom. The van der Waals surface area contributed by atoms with E-state index in [2.05, 4.69) is 4.90 Å². The summed E-state index contributed by atoms with van der Waals surface area (Å²) in [6.45, 7) is 6.43. The van der Waals surface area contributed by atoms with Gasteiger partial charge >= 0.3 is 0 Å². The minimum absolute atomic E-state index is 0.00477. The molecule has 21 heavy (non-hydrogen) atoms. The van der Waals surface area contributed by atoms with Gasteiger partial charge in [0.25, 0.3) is 0 Å². The second-order valence-corrected chi connectivity index (χ2v) is 6.09. The van der Waals surface area contributed by atoms with E-state index in [-0.39, 0.29) is 17.6 Å². The van der Waals surface area contributed by atoms with Gasteiger partial charge in [0.2, 0.25) is 5.91 Å². The molecule has 0 unspecified atom stereocenters. The highest BCUT2D eigenvalue weighted by Gasteiger charge is 2.27. The van der Waals surface area contributed by atoms with E-state index >= 15 is 0 Å². The van der Waals surface area contributed by atoms with Crippen LogP contribution in [0.4, 0.5) is 10.1 Å². The fraction of sp³-hybridized carbons (Fsp3) is 0.533. The number of anilines is 1. The fourth-order valence-electron chi connectivity index (χ4n) is 2.40. The summed E-state index contributed by atoms with van der Waals surface area (Å²) in [7, 11) is 0. The predicted molar refractivity (Wildman–Crippen MR) is 83.0 cm³/mol. The molecule has 2 N–H and O–H groups in total. The smallest absolute Gasteiger partial charge is 0.239 e. The van der Waals surface area contributed by atoms with Crippen molar-refractivity contribution in [3.05, 3.63) is 29.0 Å². The molecule has 1 heterocycles. The van der Waals surface area contributed by atoms with Crippen molar-refractivity contribution in [1.82, 2.24) is 4.90 Å². The van der Waals surface area contributed by atoms with E-state index in [4.69, 9.17) is 17.3 Å². The molecular formula is C15H21ClFN3O. The molecule has 2 rings (SSSR count). The zero-order valence-corrected chi connectivity index (χ0v) is 13.1. The summed E-state index contributed by atoms with van der Waals surface area (Å²) in [6.07, 6.45) is 0. The summed E-state index contributed by atoms with van der Waals surface area (Å²) in [6, 6.07) is 3.93. The maximum absolute atomic E-state index is 13.1. The molecule has 1 aromatic carbocycles. The van der Waals surface area contributed by atoms with Crippen molar-refractivity contribution in [2.24, 2.45) is 11.7 Å². The van der Waals surface area contributed by atoms with Gasteiger partial charge in [-0.25, -0.2) is 4.39 Å². The van der Waals surface area contributed by atoms with Crippen molar-refractivity contribution in [3.8, 4) is 0 Å². The minimum Gasteiger partial charge on any atom is -0.367 e. The molecule has 1 aromatic rings. The lowest BCUT2D eigenvalue weighted by atomic mass is 10.0. The van der Waals surface area contributed by atoms with Crippen LogP contribution in [0.5, 0.6) is 0 Å². The highest BCUT2D eigenvalue weighted by molar-refractivity contribution is 6.33. The van der Waals surface area contributed by atoms with E-state index in [0.29, 0.717) is 31.2 Å². The fourth-order valence-corrected chi connectivity index (χ4v) is 2.69. The molecule has 0 saturated carbocycles. The first-order valence-corrected chi connectivity index (χ1v) is 7.52. The van der Waals surface area contributed by atoms with Gasteiger partial charge in [-0.2, -0.15) is 0 Å². The number of halogens is 2. The lowest BCUT2D eigenvalue weighted by Gasteiger charge is -2.37. The molecule has 0 aromatic heterocycles. The van der Waals surface area contributed by atoms with E-state index < -0.39 is 6.04 Å². The first-order valence-electron chi connectivity index (χ1n) is 7.14. The van der Waals surface area contributed by atoms with Gasteiger partial charge in [0.1, 0.15) is 5.82 Å². The van der Waals surface area contributed by atoms with Gasteiger partial charge in [-0.3, -0.25) is 4.79 Å². The number of carbonyl (C=O) groups is 1. The van der Waals surface area contributed by atoms with Gasteiger partial charge in [0, 0.05) is 26.2 Å². The van der Waals surface area contributed by atoms with Gasteiger partial charge in [0.05, 0.1) is 16.8 Å². The Balaban J connectivity index is 1.98. The van der Waals surface area contributed by atoms with Crippen LogP contribution in [0.25, 0.3) is 0 Å². The van der Waals surface area contributed by atoms with Gasteiger partial charge in [-0.1, -0.05) is 25.4 Å². The zero-order valence-electron chi connectivity index (χ0n) is 12.4. The highest BCUT2D eigenvalue weighted by Crippen LogP contribution is 2.27. The summed E-state index contributed by atoms with van der Waals surface area (Å²) in [5.41, 5.74) is 6.71. The average molecular weight is 314 g/mol. The van der Waals surface area contributed by atoms with Crippen LogP contribution in [-0.4, -0.2) is 43.0 Å². The summed E-state index contributed by atoms with van der Waals surface area (Å²) >= 11 is 6.07. The monoisotopic (exact) mass is 313 g/mol. The molecule has 1 aliphatic heterocycles. The van der Waals surface area contributed by atoms with E-state index in [1.165, 1.54) is 12.1 Å². The molecule has 0 bridgehead atoms. The van der Waals surface area contributed by atoms with Crippen molar-refractivity contribution >= 4 is 23.2 Å². The molecular weight excluding hydrogens is 293 g/mol. The van der Waals surface area contributed by atoms with E-state index in [1.807, 2.05) is 13.8 Å². The van der Waals surface area contributed by atoms with Crippen LogP contribution in [-0.2, 0) is 4.79 Å². The first-order chi connectivity index (χ1) is 9.90. The second kappa shape index (κ2) is 6.62. The Labute approximate surface area is 129 Å². The third-order valence-corrected chi connectivity index (χ3v) is 4.15. The maximum atomic E-state index is 13.1. The van der Waals surface area contributed by atoms with Crippen LogP contribution in [0.2, 0.25) is 5.02 Å². The number of benzene rings is 1. The second-order valence-electron chi connectivity index (χ2n) is 5.68. The minimum atomic E-state index is -0.453. The van der Waals surface area contributed by atoms with Crippen LogP contribution < -0.4 is 10.6 Å². The maximum Gasteiger partial charge on any atom is 0.239 e. The summed E-state index contributed by atoms with van der Waals surface area (Å²) in [5.74, 6) is -0.225. The predicted octanol–water partition coefficient (Wildman–Crippen LogP) is 2.11. The third-order valence-electron chi connectivity index (χ3n) is 3.85. The molecule has 0 aliphatic carbocycles. The van der Waals surface area contributed by atoms with Crippen LogP contribution in [0, 0.1) is 11.7 Å².